The van der Waals surface area contributed by atoms with Crippen molar-refractivity contribution in [3.63, 3.8) is 0 Å². The lowest BCUT2D eigenvalue weighted by Crippen LogP contribution is -2.45. The molecule has 0 aromatic heterocycles. The molecule has 1 aliphatic carbocycles. The zero-order chi connectivity index (χ0) is 14.4. The van der Waals surface area contributed by atoms with Crippen molar-refractivity contribution in [2.75, 3.05) is 0 Å². The summed E-state index contributed by atoms with van der Waals surface area (Å²) in [7, 11) is 0. The first-order valence-corrected chi connectivity index (χ1v) is 7.24. The Hall–Kier alpha value is -1.84. The maximum Gasteiger partial charge on any atom is 0.326 e. The SMILES string of the molecule is O=C(N[C@H](Cc1ccccc1)C(=O)O)C1CCCCC1. The van der Waals surface area contributed by atoms with E-state index >= 15 is 0 Å². The summed E-state index contributed by atoms with van der Waals surface area (Å²) in [5, 5.41) is 12.0. The molecule has 0 spiro atoms. The number of hydrogen-bond donors (Lipinski definition) is 2. The summed E-state index contributed by atoms with van der Waals surface area (Å²) in [6.07, 6.45) is 5.39. The predicted octanol–water partition coefficient (Wildman–Crippen LogP) is 2.38. The number of carboxylic acid groups (broad SMARTS) is 1. The van der Waals surface area contributed by atoms with E-state index < -0.39 is 12.0 Å². The van der Waals surface area contributed by atoms with Gasteiger partial charge in [-0.3, -0.25) is 4.79 Å². The lowest BCUT2D eigenvalue weighted by Gasteiger charge is -2.23. The van der Waals surface area contributed by atoms with Crippen LogP contribution >= 0.6 is 0 Å². The van der Waals surface area contributed by atoms with E-state index in [0.29, 0.717) is 6.42 Å². The van der Waals surface area contributed by atoms with Crippen LogP contribution in [0.5, 0.6) is 0 Å². The van der Waals surface area contributed by atoms with E-state index in [1.807, 2.05) is 30.3 Å². The first-order chi connectivity index (χ1) is 9.66. The van der Waals surface area contributed by atoms with Gasteiger partial charge in [0, 0.05) is 12.3 Å². The van der Waals surface area contributed by atoms with Gasteiger partial charge in [-0.05, 0) is 18.4 Å². The van der Waals surface area contributed by atoms with Crippen molar-refractivity contribution in [3.8, 4) is 0 Å². The molecule has 0 radical (unpaired) electrons. The van der Waals surface area contributed by atoms with Crippen LogP contribution in [0.3, 0.4) is 0 Å². The molecule has 1 aliphatic rings. The Morgan fingerprint density at radius 3 is 2.40 bits per heavy atom. The van der Waals surface area contributed by atoms with E-state index in [-0.39, 0.29) is 11.8 Å². The summed E-state index contributed by atoms with van der Waals surface area (Å²) in [5.74, 6) is -1.09. The molecule has 0 heterocycles. The van der Waals surface area contributed by atoms with Gasteiger partial charge in [0.1, 0.15) is 6.04 Å². The molecular weight excluding hydrogens is 254 g/mol. The fourth-order valence-electron chi connectivity index (χ4n) is 2.70. The first kappa shape index (κ1) is 14.6. The van der Waals surface area contributed by atoms with E-state index in [1.54, 1.807) is 0 Å². The fraction of sp³-hybridized carbons (Fsp3) is 0.500. The van der Waals surface area contributed by atoms with Gasteiger partial charge in [-0.25, -0.2) is 4.79 Å². The molecule has 1 aromatic rings. The number of carbonyl (C=O) groups excluding carboxylic acids is 1. The van der Waals surface area contributed by atoms with Crippen LogP contribution < -0.4 is 5.32 Å². The van der Waals surface area contributed by atoms with Gasteiger partial charge in [-0.1, -0.05) is 49.6 Å². The van der Waals surface area contributed by atoms with E-state index in [1.165, 1.54) is 6.42 Å². The minimum absolute atomic E-state index is 0.0126. The molecular formula is C16H21NO3. The molecule has 4 heteroatoms. The molecule has 108 valence electrons. The molecule has 1 saturated carbocycles. The Labute approximate surface area is 119 Å². The maximum absolute atomic E-state index is 12.1. The van der Waals surface area contributed by atoms with Crippen LogP contribution in [0.25, 0.3) is 0 Å². The van der Waals surface area contributed by atoms with Gasteiger partial charge in [0.2, 0.25) is 5.91 Å². The lowest BCUT2D eigenvalue weighted by atomic mass is 9.88. The van der Waals surface area contributed by atoms with Crippen molar-refractivity contribution in [2.24, 2.45) is 5.92 Å². The highest BCUT2D eigenvalue weighted by Gasteiger charge is 2.26. The van der Waals surface area contributed by atoms with Crippen molar-refractivity contribution < 1.29 is 14.7 Å². The average Bonchev–Trinajstić information content (AvgIpc) is 2.48. The highest BCUT2D eigenvalue weighted by Crippen LogP contribution is 2.23. The van der Waals surface area contributed by atoms with Crippen LogP contribution in [-0.4, -0.2) is 23.0 Å². The summed E-state index contributed by atoms with van der Waals surface area (Å²) in [6.45, 7) is 0. The molecule has 20 heavy (non-hydrogen) atoms. The van der Waals surface area contributed by atoms with Gasteiger partial charge >= 0.3 is 5.97 Å². The van der Waals surface area contributed by atoms with E-state index in [2.05, 4.69) is 5.32 Å². The zero-order valence-electron chi connectivity index (χ0n) is 11.5. The molecule has 4 nitrogen and oxygen atoms in total. The van der Waals surface area contributed by atoms with Crippen molar-refractivity contribution >= 4 is 11.9 Å². The second kappa shape index (κ2) is 7.08. The Balaban J connectivity index is 1.95. The minimum atomic E-state index is -0.974. The van der Waals surface area contributed by atoms with Crippen LogP contribution in [0.15, 0.2) is 30.3 Å². The van der Waals surface area contributed by atoms with Crippen LogP contribution in [0.4, 0.5) is 0 Å². The number of aliphatic carboxylic acids is 1. The highest BCUT2D eigenvalue weighted by atomic mass is 16.4. The quantitative estimate of drug-likeness (QED) is 0.867. The molecule has 1 fully saturated rings. The summed E-state index contributed by atoms with van der Waals surface area (Å²) in [5.41, 5.74) is 0.920. The lowest BCUT2D eigenvalue weighted by molar-refractivity contribution is -0.142. The third kappa shape index (κ3) is 4.08. The second-order valence-corrected chi connectivity index (χ2v) is 5.42. The molecule has 2 N–H and O–H groups in total. The van der Waals surface area contributed by atoms with Gasteiger partial charge in [0.05, 0.1) is 0 Å². The van der Waals surface area contributed by atoms with Gasteiger partial charge in [-0.2, -0.15) is 0 Å². The van der Waals surface area contributed by atoms with Crippen molar-refractivity contribution in [2.45, 2.75) is 44.6 Å². The van der Waals surface area contributed by atoms with E-state index in [9.17, 15) is 14.7 Å². The van der Waals surface area contributed by atoms with Gasteiger partial charge in [0.25, 0.3) is 0 Å². The topological polar surface area (TPSA) is 66.4 Å². The van der Waals surface area contributed by atoms with Crippen LogP contribution in [0, 0.1) is 5.92 Å². The standard InChI is InChI=1S/C16H21NO3/c18-15(13-9-5-2-6-10-13)17-14(16(19)20)11-12-7-3-1-4-8-12/h1,3-4,7-8,13-14H,2,5-6,9-11H2,(H,17,18)(H,19,20)/t14-/m1/s1. The number of hydrogen-bond acceptors (Lipinski definition) is 2. The number of carbonyl (C=O) groups is 2. The van der Waals surface area contributed by atoms with Gasteiger partial charge in [0.15, 0.2) is 0 Å². The summed E-state index contributed by atoms with van der Waals surface area (Å²) < 4.78 is 0. The van der Waals surface area contributed by atoms with Crippen molar-refractivity contribution in [1.29, 1.82) is 0 Å². The largest absolute Gasteiger partial charge is 0.480 e. The Kier molecular flexibility index (Phi) is 5.16. The number of rotatable bonds is 5. The van der Waals surface area contributed by atoms with E-state index in [4.69, 9.17) is 0 Å². The summed E-state index contributed by atoms with van der Waals surface area (Å²) in [4.78, 5) is 23.4. The molecule has 0 aliphatic heterocycles. The molecule has 2 rings (SSSR count). The third-order valence-corrected chi connectivity index (χ3v) is 3.87. The van der Waals surface area contributed by atoms with Crippen molar-refractivity contribution in [1.82, 2.24) is 5.32 Å². The molecule has 0 bridgehead atoms. The molecule has 1 atom stereocenters. The highest BCUT2D eigenvalue weighted by molar-refractivity contribution is 5.85. The molecule has 1 amide bonds. The summed E-state index contributed by atoms with van der Waals surface area (Å²) >= 11 is 0. The molecule has 0 saturated heterocycles. The number of amides is 1. The Bertz CT molecular complexity index is 452. The van der Waals surface area contributed by atoms with Gasteiger partial charge < -0.3 is 10.4 Å². The van der Waals surface area contributed by atoms with Crippen LogP contribution in [0.2, 0.25) is 0 Å². The fourth-order valence-corrected chi connectivity index (χ4v) is 2.70. The first-order valence-electron chi connectivity index (χ1n) is 7.24. The Morgan fingerprint density at radius 1 is 1.15 bits per heavy atom. The van der Waals surface area contributed by atoms with E-state index in [0.717, 1.165) is 31.2 Å². The predicted molar refractivity (Wildman–Crippen MR) is 76.3 cm³/mol. The second-order valence-electron chi connectivity index (χ2n) is 5.42. The normalized spacial score (nSPS) is 17.4. The number of benzene rings is 1. The van der Waals surface area contributed by atoms with Crippen LogP contribution in [0.1, 0.15) is 37.7 Å². The molecule has 0 unspecified atom stereocenters. The zero-order valence-corrected chi connectivity index (χ0v) is 11.5. The smallest absolute Gasteiger partial charge is 0.326 e. The average molecular weight is 275 g/mol. The van der Waals surface area contributed by atoms with Gasteiger partial charge in [-0.15, -0.1) is 0 Å². The summed E-state index contributed by atoms with van der Waals surface area (Å²) in [6, 6.07) is 8.55. The number of nitrogens with one attached hydrogen (secondary N) is 1. The number of carboxylic acids is 1. The Morgan fingerprint density at radius 2 is 1.80 bits per heavy atom. The third-order valence-electron chi connectivity index (χ3n) is 3.87. The van der Waals surface area contributed by atoms with Crippen molar-refractivity contribution in [3.05, 3.63) is 35.9 Å². The molecule has 1 aromatic carbocycles. The maximum atomic E-state index is 12.1. The minimum Gasteiger partial charge on any atom is -0.480 e. The monoisotopic (exact) mass is 275 g/mol. The van der Waals surface area contributed by atoms with Crippen LogP contribution in [-0.2, 0) is 16.0 Å².